The van der Waals surface area contributed by atoms with Gasteiger partial charge in [0.1, 0.15) is 11.2 Å². The van der Waals surface area contributed by atoms with Crippen LogP contribution < -0.4 is 0 Å². The van der Waals surface area contributed by atoms with Gasteiger partial charge in [-0.05, 0) is 87.0 Å². The largest absolute Gasteiger partial charge is 0.456 e. The molecule has 14 rings (SSSR count). The van der Waals surface area contributed by atoms with Crippen LogP contribution in [0.1, 0.15) is 25.0 Å². The van der Waals surface area contributed by atoms with E-state index in [1.165, 1.54) is 63.0 Å². The van der Waals surface area contributed by atoms with E-state index in [1.54, 1.807) is 22.7 Å². The summed E-state index contributed by atoms with van der Waals surface area (Å²) in [7, 11) is 0. The first-order chi connectivity index (χ1) is 32.5. The van der Waals surface area contributed by atoms with E-state index in [2.05, 4.69) is 190 Å². The number of hydrogen-bond donors (Lipinski definition) is 0. The van der Waals surface area contributed by atoms with Gasteiger partial charge < -0.3 is 4.42 Å². The Balaban J connectivity index is 0.941. The zero-order valence-electron chi connectivity index (χ0n) is 36.0. The summed E-state index contributed by atoms with van der Waals surface area (Å²) in [6.07, 6.45) is 0. The number of nitrogens with zero attached hydrogens (tertiary/aromatic N) is 3. The van der Waals surface area contributed by atoms with Gasteiger partial charge in [0.15, 0.2) is 17.5 Å². The minimum atomic E-state index is -0.0937. The van der Waals surface area contributed by atoms with Crippen molar-refractivity contribution in [2.45, 2.75) is 19.3 Å². The molecule has 13 aromatic rings. The second-order valence-electron chi connectivity index (χ2n) is 17.8. The lowest BCUT2D eigenvalue weighted by Gasteiger charge is -2.24. The second kappa shape index (κ2) is 14.1. The average Bonchev–Trinajstić information content (AvgIpc) is 4.12. The van der Waals surface area contributed by atoms with Gasteiger partial charge in [0, 0.05) is 73.2 Å². The van der Waals surface area contributed by atoms with Crippen LogP contribution in [-0.4, -0.2) is 15.0 Å². The van der Waals surface area contributed by atoms with Crippen LogP contribution in [0.3, 0.4) is 0 Å². The van der Waals surface area contributed by atoms with Crippen LogP contribution in [0.5, 0.6) is 0 Å². The van der Waals surface area contributed by atoms with E-state index in [1.807, 2.05) is 12.1 Å². The van der Waals surface area contributed by atoms with E-state index in [-0.39, 0.29) is 5.41 Å². The molecule has 310 valence electrons. The van der Waals surface area contributed by atoms with Gasteiger partial charge in [0.2, 0.25) is 0 Å². The highest BCUT2D eigenvalue weighted by Crippen LogP contribution is 2.52. The predicted octanol–water partition coefficient (Wildman–Crippen LogP) is 17.1. The quantitative estimate of drug-likeness (QED) is 0.173. The van der Waals surface area contributed by atoms with Crippen LogP contribution in [-0.2, 0) is 5.41 Å². The van der Waals surface area contributed by atoms with Crippen molar-refractivity contribution in [2.75, 3.05) is 0 Å². The molecule has 4 nitrogen and oxygen atoms in total. The topological polar surface area (TPSA) is 51.8 Å². The normalized spacial score (nSPS) is 13.1. The Kier molecular flexibility index (Phi) is 8.04. The Morgan fingerprint density at radius 3 is 1.52 bits per heavy atom. The summed E-state index contributed by atoms with van der Waals surface area (Å²) >= 11 is 3.60. The van der Waals surface area contributed by atoms with E-state index >= 15 is 0 Å². The lowest BCUT2D eigenvalue weighted by atomic mass is 9.79. The third-order valence-corrected chi connectivity index (χ3v) is 16.0. The summed E-state index contributed by atoms with van der Waals surface area (Å²) in [5.74, 6) is 1.89. The minimum absolute atomic E-state index is 0.0937. The van der Waals surface area contributed by atoms with Gasteiger partial charge in [-0.1, -0.05) is 159 Å². The zero-order valence-corrected chi connectivity index (χ0v) is 37.6. The molecule has 0 atom stereocenters. The molecule has 66 heavy (non-hydrogen) atoms. The molecule has 0 unspecified atom stereocenters. The van der Waals surface area contributed by atoms with Crippen LogP contribution in [0.2, 0.25) is 0 Å². The number of hydrogen-bond acceptors (Lipinski definition) is 6. The summed E-state index contributed by atoms with van der Waals surface area (Å²) in [5, 5.41) is 6.72. The molecule has 6 heteroatoms. The second-order valence-corrected chi connectivity index (χ2v) is 20.0. The van der Waals surface area contributed by atoms with Gasteiger partial charge in [0.25, 0.3) is 0 Å². The van der Waals surface area contributed by atoms with Crippen molar-refractivity contribution in [3.8, 4) is 67.5 Å². The van der Waals surface area contributed by atoms with Crippen LogP contribution in [0, 0.1) is 0 Å². The molecular formula is C60H37N3OS2. The lowest BCUT2D eigenvalue weighted by molar-refractivity contribution is 0.662. The predicted molar refractivity (Wildman–Crippen MR) is 278 cm³/mol. The van der Waals surface area contributed by atoms with Crippen molar-refractivity contribution in [1.29, 1.82) is 0 Å². The van der Waals surface area contributed by atoms with Gasteiger partial charge >= 0.3 is 0 Å². The molecule has 0 bridgehead atoms. The van der Waals surface area contributed by atoms with Gasteiger partial charge in [-0.2, -0.15) is 0 Å². The van der Waals surface area contributed by atoms with Crippen LogP contribution in [0.25, 0.3) is 130 Å². The van der Waals surface area contributed by atoms with Gasteiger partial charge in [0.05, 0.1) is 0 Å². The van der Waals surface area contributed by atoms with Gasteiger partial charge in [-0.25, -0.2) is 15.0 Å². The maximum atomic E-state index is 6.62. The zero-order chi connectivity index (χ0) is 43.7. The fraction of sp³-hybridized carbons (Fsp3) is 0.0500. The molecule has 0 aliphatic heterocycles. The summed E-state index contributed by atoms with van der Waals surface area (Å²) < 4.78 is 11.5. The molecule has 0 spiro atoms. The van der Waals surface area contributed by atoms with Crippen molar-refractivity contribution in [1.82, 2.24) is 15.0 Å². The average molecular weight is 880 g/mol. The lowest BCUT2D eigenvalue weighted by Crippen LogP contribution is -2.16. The van der Waals surface area contributed by atoms with Crippen molar-refractivity contribution >= 4 is 85.0 Å². The van der Waals surface area contributed by atoms with Crippen LogP contribution in [0.4, 0.5) is 0 Å². The molecule has 0 saturated carbocycles. The van der Waals surface area contributed by atoms with Crippen molar-refractivity contribution < 1.29 is 4.42 Å². The summed E-state index contributed by atoms with van der Waals surface area (Å²) in [5.41, 5.74) is 14.6. The monoisotopic (exact) mass is 879 g/mol. The number of furan rings is 1. The fourth-order valence-corrected chi connectivity index (χ4v) is 13.0. The van der Waals surface area contributed by atoms with E-state index in [0.29, 0.717) is 17.5 Å². The number of thiophene rings is 2. The van der Waals surface area contributed by atoms with Gasteiger partial charge in [-0.3, -0.25) is 0 Å². The first kappa shape index (κ1) is 37.6. The molecule has 1 aliphatic carbocycles. The van der Waals surface area contributed by atoms with E-state index in [0.717, 1.165) is 60.5 Å². The smallest absolute Gasteiger partial charge is 0.164 e. The van der Waals surface area contributed by atoms with Crippen molar-refractivity contribution in [3.05, 3.63) is 199 Å². The first-order valence-corrected chi connectivity index (χ1v) is 24.0. The standard InChI is InChI=1S/C60H37N3OS2/c1-60(2)46-21-6-3-13-38(46)39-17-9-16-37(56(39)60)35-29-27-34(28-30-35)36-31-32-47-45(33-36)53-42(18-10-22-48(53)64-47)57-61-58(43-19-11-25-51-54(43)40-14-4-7-23-49(40)65-51)63-59(62-57)44-20-12-26-52-55(44)41-15-5-8-24-50(41)66-52/h3-33H,1-2H3. The first-order valence-electron chi connectivity index (χ1n) is 22.3. The third-order valence-electron chi connectivity index (χ3n) is 13.8. The Bertz CT molecular complexity index is 4020. The van der Waals surface area contributed by atoms with E-state index < -0.39 is 0 Å². The minimum Gasteiger partial charge on any atom is -0.456 e. The number of fused-ring (bicyclic) bond motifs is 12. The molecule has 4 aromatic heterocycles. The molecule has 0 N–H and O–H groups in total. The Morgan fingerprint density at radius 1 is 0.364 bits per heavy atom. The fourth-order valence-electron chi connectivity index (χ4n) is 10.8. The molecule has 1 aliphatic rings. The molecule has 0 saturated heterocycles. The molecule has 0 fully saturated rings. The Morgan fingerprint density at radius 2 is 0.848 bits per heavy atom. The highest BCUT2D eigenvalue weighted by molar-refractivity contribution is 7.26. The maximum absolute atomic E-state index is 6.62. The Hall–Kier alpha value is -7.77. The van der Waals surface area contributed by atoms with Crippen molar-refractivity contribution in [2.24, 2.45) is 0 Å². The molecular weight excluding hydrogens is 843 g/mol. The van der Waals surface area contributed by atoms with Crippen LogP contribution in [0.15, 0.2) is 192 Å². The van der Waals surface area contributed by atoms with Crippen LogP contribution >= 0.6 is 22.7 Å². The molecule has 9 aromatic carbocycles. The molecule has 0 amide bonds. The van der Waals surface area contributed by atoms with E-state index in [9.17, 15) is 0 Å². The van der Waals surface area contributed by atoms with Crippen molar-refractivity contribution in [3.63, 3.8) is 0 Å². The SMILES string of the molecule is CC1(C)c2ccccc2-c2cccc(-c3ccc(-c4ccc5oc6cccc(-c7nc(-c8cccc9sc%10ccccc%10c89)nc(-c8cccc9sc%10ccccc%10c89)n7)c6c5c4)cc3)c21. The summed E-state index contributed by atoms with van der Waals surface area (Å²) in [4.78, 5) is 16.2. The number of benzene rings is 9. The van der Waals surface area contributed by atoms with E-state index in [4.69, 9.17) is 19.4 Å². The number of rotatable bonds is 5. The maximum Gasteiger partial charge on any atom is 0.164 e. The number of aromatic nitrogens is 3. The molecule has 4 heterocycles. The highest BCUT2D eigenvalue weighted by atomic mass is 32.1. The molecule has 0 radical (unpaired) electrons. The summed E-state index contributed by atoms with van der Waals surface area (Å²) in [6, 6.07) is 67.5. The summed E-state index contributed by atoms with van der Waals surface area (Å²) in [6.45, 7) is 4.70. The Labute approximate surface area is 388 Å². The third kappa shape index (κ3) is 5.52. The highest BCUT2D eigenvalue weighted by Gasteiger charge is 2.37. The van der Waals surface area contributed by atoms with Gasteiger partial charge in [-0.15, -0.1) is 22.7 Å².